The monoisotopic (exact) mass is 322 g/mol. The largest absolute Gasteiger partial charge is 0.271 e. The number of hydrogen-bond donors (Lipinski definition) is 2. The molecule has 2 aromatic rings. The van der Waals surface area contributed by atoms with Crippen LogP contribution in [0.5, 0.6) is 0 Å². The lowest BCUT2D eigenvalue weighted by Gasteiger charge is -2.21. The van der Waals surface area contributed by atoms with Crippen molar-refractivity contribution in [1.82, 2.24) is 15.2 Å². The summed E-state index contributed by atoms with van der Waals surface area (Å²) < 4.78 is 3.06. The summed E-state index contributed by atoms with van der Waals surface area (Å²) in [5, 5.41) is 4.37. The normalized spacial score (nSPS) is 12.9. The highest BCUT2D eigenvalue weighted by atomic mass is 79.9. The summed E-state index contributed by atoms with van der Waals surface area (Å²) in [5.74, 6) is 5.77. The third-order valence-corrected chi connectivity index (χ3v) is 4.27. The van der Waals surface area contributed by atoms with E-state index in [2.05, 4.69) is 59.4 Å². The lowest BCUT2D eigenvalue weighted by atomic mass is 10.0. The Labute approximate surface area is 122 Å². The van der Waals surface area contributed by atoms with E-state index in [9.17, 15) is 0 Å². The minimum Gasteiger partial charge on any atom is -0.271 e. The van der Waals surface area contributed by atoms with Gasteiger partial charge >= 0.3 is 0 Å². The molecule has 1 heterocycles. The molecule has 3 N–H and O–H groups in total. The molecule has 0 aliphatic heterocycles. The van der Waals surface area contributed by atoms with Crippen LogP contribution in [0.1, 0.15) is 42.8 Å². The van der Waals surface area contributed by atoms with E-state index in [1.165, 1.54) is 5.56 Å². The molecule has 2 rings (SSSR count). The van der Waals surface area contributed by atoms with Crippen LogP contribution in [0.2, 0.25) is 0 Å². The molecule has 1 unspecified atom stereocenters. The summed E-state index contributed by atoms with van der Waals surface area (Å²) in [6.45, 7) is 6.28. The van der Waals surface area contributed by atoms with Crippen LogP contribution < -0.4 is 11.3 Å². The maximum absolute atomic E-state index is 5.77. The van der Waals surface area contributed by atoms with E-state index < -0.39 is 0 Å². The molecular formula is C14H19BrN4. The van der Waals surface area contributed by atoms with Gasteiger partial charge in [0.2, 0.25) is 0 Å². The number of nitrogens with one attached hydrogen (secondary N) is 1. The van der Waals surface area contributed by atoms with E-state index in [1.54, 1.807) is 0 Å². The first-order valence-electron chi connectivity index (χ1n) is 6.30. The number of aromatic nitrogens is 2. The summed E-state index contributed by atoms with van der Waals surface area (Å²) in [5.41, 5.74) is 6.26. The molecule has 0 amide bonds. The molecule has 4 nitrogen and oxygen atoms in total. The fraction of sp³-hybridized carbons (Fsp3) is 0.357. The zero-order valence-electron chi connectivity index (χ0n) is 11.4. The summed E-state index contributed by atoms with van der Waals surface area (Å²) in [7, 11) is 0. The first-order chi connectivity index (χ1) is 9.06. The fourth-order valence-electron chi connectivity index (χ4n) is 2.21. The number of hydrazine groups is 1. The molecule has 0 aliphatic carbocycles. The van der Waals surface area contributed by atoms with Gasteiger partial charge in [-0.3, -0.25) is 10.5 Å². The number of benzene rings is 1. The third-order valence-electron chi connectivity index (χ3n) is 3.19. The Bertz CT molecular complexity index is 562. The van der Waals surface area contributed by atoms with Gasteiger partial charge in [-0.2, -0.15) is 5.10 Å². The van der Waals surface area contributed by atoms with Crippen LogP contribution in [0.25, 0.3) is 0 Å². The molecule has 19 heavy (non-hydrogen) atoms. The van der Waals surface area contributed by atoms with Crippen molar-refractivity contribution in [2.45, 2.75) is 32.9 Å². The number of nitrogens with zero attached hydrogens (tertiary/aromatic N) is 2. The molecule has 0 radical (unpaired) electrons. The maximum atomic E-state index is 5.77. The van der Waals surface area contributed by atoms with E-state index >= 15 is 0 Å². The quantitative estimate of drug-likeness (QED) is 0.671. The fourth-order valence-corrected chi connectivity index (χ4v) is 2.71. The van der Waals surface area contributed by atoms with Crippen molar-refractivity contribution in [3.05, 3.63) is 51.8 Å². The highest BCUT2D eigenvalue weighted by Crippen LogP contribution is 2.31. The van der Waals surface area contributed by atoms with Crippen LogP contribution in [-0.2, 0) is 0 Å². The summed E-state index contributed by atoms with van der Waals surface area (Å²) in [6, 6.07) is 8.39. The molecule has 5 heteroatoms. The van der Waals surface area contributed by atoms with Crippen molar-refractivity contribution in [2.24, 2.45) is 5.84 Å². The minimum atomic E-state index is -0.0841. The Morgan fingerprint density at radius 3 is 2.68 bits per heavy atom. The number of hydrogen-bond acceptors (Lipinski definition) is 3. The van der Waals surface area contributed by atoms with Crippen molar-refractivity contribution < 1.29 is 0 Å². The standard InChI is InChI=1S/C14H19BrN4/c1-9(2)19-12(7-8-17-19)14(18-16)11-6-4-5-10(3)13(11)15/h4-9,14,18H,16H2,1-3H3. The van der Waals surface area contributed by atoms with Gasteiger partial charge in [-0.05, 0) is 38.0 Å². The zero-order valence-corrected chi connectivity index (χ0v) is 13.0. The summed E-state index contributed by atoms with van der Waals surface area (Å²) >= 11 is 3.64. The third kappa shape index (κ3) is 2.73. The Morgan fingerprint density at radius 2 is 2.05 bits per heavy atom. The number of halogens is 1. The molecule has 0 saturated heterocycles. The molecular weight excluding hydrogens is 304 g/mol. The van der Waals surface area contributed by atoms with E-state index in [0.29, 0.717) is 6.04 Å². The van der Waals surface area contributed by atoms with Crippen LogP contribution in [0.4, 0.5) is 0 Å². The number of nitrogens with two attached hydrogens (primary N) is 1. The number of rotatable bonds is 4. The second-order valence-corrected chi connectivity index (χ2v) is 5.67. The van der Waals surface area contributed by atoms with Crippen LogP contribution in [0, 0.1) is 6.92 Å². The second kappa shape index (κ2) is 5.86. The minimum absolute atomic E-state index is 0.0841. The van der Waals surface area contributed by atoms with E-state index in [0.717, 1.165) is 15.7 Å². The molecule has 0 saturated carbocycles. The molecule has 1 atom stereocenters. The van der Waals surface area contributed by atoms with Gasteiger partial charge in [-0.1, -0.05) is 34.1 Å². The lowest BCUT2D eigenvalue weighted by Crippen LogP contribution is -2.31. The predicted octanol–water partition coefficient (Wildman–Crippen LogP) is 3.09. The van der Waals surface area contributed by atoms with E-state index in [4.69, 9.17) is 5.84 Å². The van der Waals surface area contributed by atoms with E-state index in [-0.39, 0.29) is 6.04 Å². The van der Waals surface area contributed by atoms with Crippen LogP contribution in [0.15, 0.2) is 34.9 Å². The summed E-state index contributed by atoms with van der Waals surface area (Å²) in [6.07, 6.45) is 1.81. The smallest absolute Gasteiger partial charge is 0.0889 e. The van der Waals surface area contributed by atoms with Gasteiger partial charge in [-0.25, -0.2) is 5.43 Å². The molecule has 0 fully saturated rings. The Morgan fingerprint density at radius 1 is 1.32 bits per heavy atom. The van der Waals surface area contributed by atoms with Crippen molar-refractivity contribution in [3.63, 3.8) is 0 Å². The van der Waals surface area contributed by atoms with Gasteiger partial charge in [0.25, 0.3) is 0 Å². The van der Waals surface area contributed by atoms with Gasteiger partial charge in [0.05, 0.1) is 11.7 Å². The molecule has 102 valence electrons. The highest BCUT2D eigenvalue weighted by Gasteiger charge is 2.20. The highest BCUT2D eigenvalue weighted by molar-refractivity contribution is 9.10. The Hall–Kier alpha value is -1.17. The zero-order chi connectivity index (χ0) is 14.0. The molecule has 0 spiro atoms. The van der Waals surface area contributed by atoms with Gasteiger partial charge < -0.3 is 0 Å². The average molecular weight is 323 g/mol. The first-order valence-corrected chi connectivity index (χ1v) is 7.10. The number of aryl methyl sites for hydroxylation is 1. The van der Waals surface area contributed by atoms with Crippen molar-refractivity contribution in [1.29, 1.82) is 0 Å². The molecule has 1 aromatic carbocycles. The average Bonchev–Trinajstić information content (AvgIpc) is 2.85. The van der Waals surface area contributed by atoms with Crippen LogP contribution >= 0.6 is 15.9 Å². The van der Waals surface area contributed by atoms with Crippen molar-refractivity contribution >= 4 is 15.9 Å². The van der Waals surface area contributed by atoms with Gasteiger partial charge in [0.1, 0.15) is 0 Å². The first kappa shape index (κ1) is 14.2. The van der Waals surface area contributed by atoms with E-state index in [1.807, 2.05) is 23.0 Å². The van der Waals surface area contributed by atoms with Crippen LogP contribution in [0.3, 0.4) is 0 Å². The topological polar surface area (TPSA) is 55.9 Å². The lowest BCUT2D eigenvalue weighted by molar-refractivity contribution is 0.476. The van der Waals surface area contributed by atoms with Crippen molar-refractivity contribution in [2.75, 3.05) is 0 Å². The Kier molecular flexibility index (Phi) is 4.39. The van der Waals surface area contributed by atoms with Gasteiger partial charge in [0.15, 0.2) is 0 Å². The van der Waals surface area contributed by atoms with Gasteiger partial charge in [-0.15, -0.1) is 0 Å². The van der Waals surface area contributed by atoms with Gasteiger partial charge in [0, 0.05) is 16.7 Å². The SMILES string of the molecule is Cc1cccc(C(NN)c2ccnn2C(C)C)c1Br. The summed E-state index contributed by atoms with van der Waals surface area (Å²) in [4.78, 5) is 0. The molecule has 1 aromatic heterocycles. The maximum Gasteiger partial charge on any atom is 0.0889 e. The predicted molar refractivity (Wildman–Crippen MR) is 80.7 cm³/mol. The Balaban J connectivity index is 2.50. The van der Waals surface area contributed by atoms with Crippen molar-refractivity contribution in [3.8, 4) is 0 Å². The van der Waals surface area contributed by atoms with Crippen LogP contribution in [-0.4, -0.2) is 9.78 Å². The molecule has 0 aliphatic rings. The second-order valence-electron chi connectivity index (χ2n) is 4.87. The molecule has 0 bridgehead atoms.